The maximum atomic E-state index is 10.4. The van der Waals surface area contributed by atoms with Gasteiger partial charge in [0.25, 0.3) is 0 Å². The Morgan fingerprint density at radius 3 is 2.75 bits per heavy atom. The Kier molecular flexibility index (Phi) is 2.90. The lowest BCUT2D eigenvalue weighted by Gasteiger charge is -2.17. The van der Waals surface area contributed by atoms with Crippen LogP contribution in [0.15, 0.2) is 5.38 Å². The summed E-state index contributed by atoms with van der Waals surface area (Å²) in [5, 5.41) is 2.80. The van der Waals surface area contributed by atoms with E-state index in [1.165, 1.54) is 0 Å². The van der Waals surface area contributed by atoms with E-state index < -0.39 is 0 Å². The van der Waals surface area contributed by atoms with E-state index in [1.807, 2.05) is 6.26 Å². The van der Waals surface area contributed by atoms with Crippen LogP contribution in [0.4, 0.5) is 0 Å². The third-order valence-corrected chi connectivity index (χ3v) is 4.20. The van der Waals surface area contributed by atoms with Gasteiger partial charge in [0.1, 0.15) is 10.7 Å². The molecule has 1 aromatic heterocycles. The van der Waals surface area contributed by atoms with Gasteiger partial charge in [-0.2, -0.15) is 11.8 Å². The van der Waals surface area contributed by atoms with Crippen molar-refractivity contribution in [2.24, 2.45) is 0 Å². The summed E-state index contributed by atoms with van der Waals surface area (Å²) in [6, 6.07) is 0. The summed E-state index contributed by atoms with van der Waals surface area (Å²) in [5.74, 6) is 0. The van der Waals surface area contributed by atoms with E-state index in [4.69, 9.17) is 0 Å². The first-order valence-electron chi connectivity index (χ1n) is 3.56. The Hall–Kier alpha value is -0.350. The molecule has 1 rings (SSSR count). The van der Waals surface area contributed by atoms with Gasteiger partial charge < -0.3 is 0 Å². The van der Waals surface area contributed by atoms with Crippen molar-refractivity contribution in [1.29, 1.82) is 0 Å². The second-order valence-corrected chi connectivity index (χ2v) is 5.20. The molecule has 0 aliphatic heterocycles. The Bertz CT molecular complexity index is 280. The topological polar surface area (TPSA) is 30.0 Å². The normalized spacial score (nSPS) is 11.6. The van der Waals surface area contributed by atoms with Gasteiger partial charge in [0, 0.05) is 5.38 Å². The van der Waals surface area contributed by atoms with Crippen molar-refractivity contribution >= 4 is 29.4 Å². The van der Waals surface area contributed by atoms with Gasteiger partial charge in [-0.1, -0.05) is 0 Å². The maximum Gasteiger partial charge on any atom is 0.169 e. The average Bonchev–Trinajstić information content (AvgIpc) is 2.52. The van der Waals surface area contributed by atoms with Gasteiger partial charge in [0.05, 0.1) is 4.75 Å². The SMILES string of the molecule is CSC(C)(C)c1nc(C=O)cs1. The second kappa shape index (κ2) is 3.58. The van der Waals surface area contributed by atoms with Crippen LogP contribution in [0.1, 0.15) is 29.3 Å². The summed E-state index contributed by atoms with van der Waals surface area (Å²) in [7, 11) is 0. The van der Waals surface area contributed by atoms with Crippen molar-refractivity contribution in [1.82, 2.24) is 4.98 Å². The third-order valence-electron chi connectivity index (χ3n) is 1.67. The van der Waals surface area contributed by atoms with Gasteiger partial charge in [-0.25, -0.2) is 4.98 Å². The standard InChI is InChI=1S/C8H11NOS2/c1-8(2,11-3)7-9-6(4-10)5-12-7/h4-5H,1-3H3. The molecule has 0 bridgehead atoms. The summed E-state index contributed by atoms with van der Waals surface area (Å²) in [4.78, 5) is 14.6. The van der Waals surface area contributed by atoms with E-state index in [-0.39, 0.29) is 4.75 Å². The second-order valence-electron chi connectivity index (χ2n) is 2.91. The van der Waals surface area contributed by atoms with Gasteiger partial charge >= 0.3 is 0 Å². The third kappa shape index (κ3) is 1.87. The highest BCUT2D eigenvalue weighted by molar-refractivity contribution is 7.99. The van der Waals surface area contributed by atoms with Crippen molar-refractivity contribution in [2.75, 3.05) is 6.26 Å². The Labute approximate surface area is 80.4 Å². The average molecular weight is 201 g/mol. The number of carbonyl (C=O) groups is 1. The van der Waals surface area contributed by atoms with Gasteiger partial charge in [-0.15, -0.1) is 11.3 Å². The number of thiazole rings is 1. The predicted molar refractivity (Wildman–Crippen MR) is 54.0 cm³/mol. The largest absolute Gasteiger partial charge is 0.296 e. The molecule has 0 amide bonds. The van der Waals surface area contributed by atoms with Gasteiger partial charge in [-0.05, 0) is 20.1 Å². The number of hydrogen-bond acceptors (Lipinski definition) is 4. The monoisotopic (exact) mass is 201 g/mol. The zero-order valence-electron chi connectivity index (χ0n) is 7.33. The molecule has 2 nitrogen and oxygen atoms in total. The first-order chi connectivity index (χ1) is 5.60. The molecule has 4 heteroatoms. The number of thioether (sulfide) groups is 1. The molecule has 0 aliphatic carbocycles. The molecule has 1 heterocycles. The van der Waals surface area contributed by atoms with E-state index in [0.29, 0.717) is 5.69 Å². The minimum atomic E-state index is 0.0198. The van der Waals surface area contributed by atoms with Crippen LogP contribution in [0.25, 0.3) is 0 Å². The summed E-state index contributed by atoms with van der Waals surface area (Å²) in [5.41, 5.74) is 0.539. The highest BCUT2D eigenvalue weighted by Crippen LogP contribution is 2.35. The molecule has 1 aromatic rings. The summed E-state index contributed by atoms with van der Waals surface area (Å²) < 4.78 is 0.0198. The molecular formula is C8H11NOS2. The van der Waals surface area contributed by atoms with Crippen LogP contribution in [0.5, 0.6) is 0 Å². The molecule has 0 aromatic carbocycles. The summed E-state index contributed by atoms with van der Waals surface area (Å²) >= 11 is 3.28. The van der Waals surface area contributed by atoms with Gasteiger partial charge in [0.2, 0.25) is 0 Å². The minimum absolute atomic E-state index is 0.0198. The van der Waals surface area contributed by atoms with E-state index in [9.17, 15) is 4.79 Å². The lowest BCUT2D eigenvalue weighted by Crippen LogP contribution is -2.10. The van der Waals surface area contributed by atoms with Crippen LogP contribution in [0.3, 0.4) is 0 Å². The lowest BCUT2D eigenvalue weighted by molar-refractivity contribution is 0.111. The van der Waals surface area contributed by atoms with E-state index in [0.717, 1.165) is 11.3 Å². The molecule has 0 fully saturated rings. The fraction of sp³-hybridized carbons (Fsp3) is 0.500. The fourth-order valence-electron chi connectivity index (χ4n) is 0.704. The highest BCUT2D eigenvalue weighted by atomic mass is 32.2. The molecule has 12 heavy (non-hydrogen) atoms. The number of carbonyl (C=O) groups excluding carboxylic acids is 1. The molecule has 0 aliphatic rings. The first-order valence-corrected chi connectivity index (χ1v) is 5.67. The number of hydrogen-bond donors (Lipinski definition) is 0. The zero-order valence-corrected chi connectivity index (χ0v) is 8.96. The smallest absolute Gasteiger partial charge is 0.169 e. The van der Waals surface area contributed by atoms with Gasteiger partial charge in [-0.3, -0.25) is 4.79 Å². The van der Waals surface area contributed by atoms with Gasteiger partial charge in [0.15, 0.2) is 6.29 Å². The summed E-state index contributed by atoms with van der Waals surface area (Å²) in [6.07, 6.45) is 2.83. The predicted octanol–water partition coefficient (Wildman–Crippen LogP) is 2.55. The molecule has 0 radical (unpaired) electrons. The van der Waals surface area contributed by atoms with Crippen molar-refractivity contribution in [3.63, 3.8) is 0 Å². The van der Waals surface area contributed by atoms with Crippen molar-refractivity contribution in [2.45, 2.75) is 18.6 Å². The maximum absolute atomic E-state index is 10.4. The minimum Gasteiger partial charge on any atom is -0.296 e. The fourth-order valence-corrected chi connectivity index (χ4v) is 2.10. The molecule has 0 saturated heterocycles. The Morgan fingerprint density at radius 1 is 1.67 bits per heavy atom. The number of aromatic nitrogens is 1. The van der Waals surface area contributed by atoms with Crippen LogP contribution in [-0.4, -0.2) is 17.5 Å². The molecule has 0 N–H and O–H groups in total. The molecular weight excluding hydrogens is 190 g/mol. The first kappa shape index (κ1) is 9.74. The Balaban J connectivity index is 2.95. The van der Waals surface area contributed by atoms with E-state index in [1.54, 1.807) is 28.5 Å². The number of aldehydes is 1. The van der Waals surface area contributed by atoms with Crippen LogP contribution in [0, 0.1) is 0 Å². The van der Waals surface area contributed by atoms with Crippen LogP contribution in [0.2, 0.25) is 0 Å². The molecule has 66 valence electrons. The van der Waals surface area contributed by atoms with E-state index in [2.05, 4.69) is 18.8 Å². The van der Waals surface area contributed by atoms with Crippen molar-refractivity contribution in [3.8, 4) is 0 Å². The van der Waals surface area contributed by atoms with Crippen molar-refractivity contribution < 1.29 is 4.79 Å². The highest BCUT2D eigenvalue weighted by Gasteiger charge is 2.22. The molecule has 0 unspecified atom stereocenters. The van der Waals surface area contributed by atoms with Crippen LogP contribution >= 0.6 is 23.1 Å². The van der Waals surface area contributed by atoms with Crippen LogP contribution < -0.4 is 0 Å². The zero-order chi connectivity index (χ0) is 9.19. The van der Waals surface area contributed by atoms with Crippen LogP contribution in [-0.2, 0) is 4.75 Å². The molecule has 0 atom stereocenters. The van der Waals surface area contributed by atoms with Crippen molar-refractivity contribution in [3.05, 3.63) is 16.1 Å². The lowest BCUT2D eigenvalue weighted by atomic mass is 10.2. The summed E-state index contributed by atoms with van der Waals surface area (Å²) in [6.45, 7) is 4.20. The van der Waals surface area contributed by atoms with E-state index >= 15 is 0 Å². The number of nitrogens with zero attached hydrogens (tertiary/aromatic N) is 1. The molecule has 0 spiro atoms. The quantitative estimate of drug-likeness (QED) is 0.704. The number of rotatable bonds is 3. The molecule has 0 saturated carbocycles. The Morgan fingerprint density at radius 2 is 2.33 bits per heavy atom.